The average molecular weight is 382 g/mol. The van der Waals surface area contributed by atoms with Crippen molar-refractivity contribution in [2.75, 3.05) is 6.54 Å². The van der Waals surface area contributed by atoms with Crippen LogP contribution in [-0.4, -0.2) is 24.7 Å². The zero-order valence-electron chi connectivity index (χ0n) is 15.3. The number of amides is 1. The van der Waals surface area contributed by atoms with Crippen LogP contribution in [0.25, 0.3) is 10.8 Å². The molecule has 0 aliphatic heterocycles. The zero-order valence-corrected chi connectivity index (χ0v) is 16.1. The number of hydrogen-bond donors (Lipinski definition) is 2. The number of benzene rings is 3. The van der Waals surface area contributed by atoms with E-state index in [2.05, 4.69) is 47.0 Å². The second-order valence-corrected chi connectivity index (χ2v) is 6.37. The van der Waals surface area contributed by atoms with Gasteiger partial charge in [-0.15, -0.1) is 12.4 Å². The minimum Gasteiger partial charge on any atom is -0.306 e. The summed E-state index contributed by atoms with van der Waals surface area (Å²) in [6.45, 7) is 2.31. The van der Waals surface area contributed by atoms with Crippen molar-refractivity contribution in [3.63, 3.8) is 0 Å². The minimum absolute atomic E-state index is 0. The first-order valence-electron chi connectivity index (χ1n) is 8.79. The lowest BCUT2D eigenvalue weighted by Crippen LogP contribution is -2.37. The highest BCUT2D eigenvalue weighted by Gasteiger charge is 2.05. The molecule has 1 atom stereocenters. The fourth-order valence-electron chi connectivity index (χ4n) is 2.81. The standard InChI is InChI=1S/C22H23N3O.ClH/c1-17(13-18-7-3-2-4-8-18)23-16-22(26)25-24-15-19-11-12-20-9-5-6-10-21(20)14-19;/h2-12,14-15,17,23H,13,16H2,1H3,(H,25,26);1H/b24-15+;. The molecule has 0 radical (unpaired) electrons. The zero-order chi connectivity index (χ0) is 18.2. The van der Waals surface area contributed by atoms with Gasteiger partial charge in [-0.3, -0.25) is 4.79 Å². The van der Waals surface area contributed by atoms with Crippen molar-refractivity contribution in [3.05, 3.63) is 83.9 Å². The van der Waals surface area contributed by atoms with Gasteiger partial charge < -0.3 is 5.32 Å². The summed E-state index contributed by atoms with van der Waals surface area (Å²) in [7, 11) is 0. The smallest absolute Gasteiger partial charge is 0.254 e. The van der Waals surface area contributed by atoms with Crippen LogP contribution in [0, 0.1) is 0 Å². The molecule has 140 valence electrons. The van der Waals surface area contributed by atoms with Gasteiger partial charge >= 0.3 is 0 Å². The number of carbonyl (C=O) groups is 1. The van der Waals surface area contributed by atoms with Crippen LogP contribution in [0.4, 0.5) is 0 Å². The predicted molar refractivity (Wildman–Crippen MR) is 115 cm³/mol. The van der Waals surface area contributed by atoms with E-state index in [9.17, 15) is 4.79 Å². The fraction of sp³-hybridized carbons (Fsp3) is 0.182. The summed E-state index contributed by atoms with van der Waals surface area (Å²) >= 11 is 0. The maximum absolute atomic E-state index is 11.9. The van der Waals surface area contributed by atoms with Crippen LogP contribution >= 0.6 is 12.4 Å². The third kappa shape index (κ3) is 6.51. The first-order valence-corrected chi connectivity index (χ1v) is 8.79. The van der Waals surface area contributed by atoms with Crippen molar-refractivity contribution in [2.45, 2.75) is 19.4 Å². The molecular weight excluding hydrogens is 358 g/mol. The van der Waals surface area contributed by atoms with Crippen LogP contribution < -0.4 is 10.7 Å². The van der Waals surface area contributed by atoms with Crippen LogP contribution in [-0.2, 0) is 11.2 Å². The number of hydrazone groups is 1. The van der Waals surface area contributed by atoms with Crippen molar-refractivity contribution in [2.24, 2.45) is 5.10 Å². The third-order valence-electron chi connectivity index (χ3n) is 4.17. The van der Waals surface area contributed by atoms with Gasteiger partial charge in [0.1, 0.15) is 0 Å². The Hall–Kier alpha value is -2.69. The molecule has 0 bridgehead atoms. The molecule has 0 saturated heterocycles. The molecule has 27 heavy (non-hydrogen) atoms. The summed E-state index contributed by atoms with van der Waals surface area (Å²) in [6.07, 6.45) is 2.55. The van der Waals surface area contributed by atoms with E-state index >= 15 is 0 Å². The number of fused-ring (bicyclic) bond motifs is 1. The Labute approximate surface area is 166 Å². The molecule has 1 unspecified atom stereocenters. The molecule has 0 aliphatic rings. The first kappa shape index (κ1) is 20.6. The van der Waals surface area contributed by atoms with Gasteiger partial charge in [0.25, 0.3) is 5.91 Å². The maximum Gasteiger partial charge on any atom is 0.254 e. The lowest BCUT2D eigenvalue weighted by atomic mass is 10.1. The molecule has 0 spiro atoms. The average Bonchev–Trinajstić information content (AvgIpc) is 2.67. The Morgan fingerprint density at radius 1 is 1.00 bits per heavy atom. The third-order valence-corrected chi connectivity index (χ3v) is 4.17. The monoisotopic (exact) mass is 381 g/mol. The van der Waals surface area contributed by atoms with Crippen molar-refractivity contribution < 1.29 is 4.79 Å². The molecule has 0 heterocycles. The summed E-state index contributed by atoms with van der Waals surface area (Å²) in [5.74, 6) is -0.151. The highest BCUT2D eigenvalue weighted by atomic mass is 35.5. The number of nitrogens with one attached hydrogen (secondary N) is 2. The Morgan fingerprint density at radius 2 is 1.70 bits per heavy atom. The molecule has 1 amide bonds. The number of hydrogen-bond acceptors (Lipinski definition) is 3. The molecular formula is C22H24ClN3O. The quantitative estimate of drug-likeness (QED) is 0.481. The summed E-state index contributed by atoms with van der Waals surface area (Å²) in [4.78, 5) is 11.9. The molecule has 0 saturated carbocycles. The summed E-state index contributed by atoms with van der Waals surface area (Å²) < 4.78 is 0. The van der Waals surface area contributed by atoms with E-state index in [1.807, 2.05) is 48.5 Å². The second-order valence-electron chi connectivity index (χ2n) is 6.37. The summed E-state index contributed by atoms with van der Waals surface area (Å²) in [6, 6.07) is 24.7. The fourth-order valence-corrected chi connectivity index (χ4v) is 2.81. The van der Waals surface area contributed by atoms with E-state index in [1.54, 1.807) is 6.21 Å². The molecule has 3 aromatic carbocycles. The van der Waals surface area contributed by atoms with Gasteiger partial charge in [-0.2, -0.15) is 5.10 Å². The van der Waals surface area contributed by atoms with Crippen molar-refractivity contribution in [1.82, 2.24) is 10.7 Å². The Bertz CT molecular complexity index is 896. The van der Waals surface area contributed by atoms with Gasteiger partial charge in [-0.25, -0.2) is 5.43 Å². The summed E-state index contributed by atoms with van der Waals surface area (Å²) in [5, 5.41) is 9.60. The van der Waals surface area contributed by atoms with E-state index in [0.717, 1.165) is 17.4 Å². The van der Waals surface area contributed by atoms with Crippen molar-refractivity contribution >= 4 is 35.3 Å². The van der Waals surface area contributed by atoms with Crippen LogP contribution in [0.3, 0.4) is 0 Å². The number of rotatable bonds is 7. The second kappa shape index (κ2) is 10.5. The largest absolute Gasteiger partial charge is 0.306 e. The van der Waals surface area contributed by atoms with E-state index in [-0.39, 0.29) is 30.9 Å². The van der Waals surface area contributed by atoms with Crippen molar-refractivity contribution in [3.8, 4) is 0 Å². The van der Waals surface area contributed by atoms with Crippen LogP contribution in [0.5, 0.6) is 0 Å². The van der Waals surface area contributed by atoms with E-state index < -0.39 is 0 Å². The van der Waals surface area contributed by atoms with Crippen molar-refractivity contribution in [1.29, 1.82) is 0 Å². The van der Waals surface area contributed by atoms with Gasteiger partial charge in [0, 0.05) is 6.04 Å². The van der Waals surface area contributed by atoms with Gasteiger partial charge in [0.2, 0.25) is 0 Å². The topological polar surface area (TPSA) is 53.5 Å². The molecule has 4 nitrogen and oxygen atoms in total. The minimum atomic E-state index is -0.151. The number of nitrogens with zero attached hydrogens (tertiary/aromatic N) is 1. The highest BCUT2D eigenvalue weighted by molar-refractivity contribution is 5.91. The molecule has 2 N–H and O–H groups in total. The van der Waals surface area contributed by atoms with E-state index in [4.69, 9.17) is 0 Å². The molecule has 0 fully saturated rings. The van der Waals surface area contributed by atoms with Gasteiger partial charge in [-0.1, -0.05) is 66.7 Å². The highest BCUT2D eigenvalue weighted by Crippen LogP contribution is 2.14. The normalized spacial score (nSPS) is 11.9. The number of carbonyl (C=O) groups excluding carboxylic acids is 1. The van der Waals surface area contributed by atoms with Crippen LogP contribution in [0.1, 0.15) is 18.1 Å². The van der Waals surface area contributed by atoms with E-state index in [0.29, 0.717) is 0 Å². The molecule has 0 aromatic heterocycles. The van der Waals surface area contributed by atoms with Gasteiger partial charge in [-0.05, 0) is 41.3 Å². The lowest BCUT2D eigenvalue weighted by molar-refractivity contribution is -0.120. The number of halogens is 1. The molecule has 3 rings (SSSR count). The van der Waals surface area contributed by atoms with Gasteiger partial charge in [0.05, 0.1) is 12.8 Å². The first-order chi connectivity index (χ1) is 12.7. The van der Waals surface area contributed by atoms with E-state index in [1.165, 1.54) is 10.9 Å². The predicted octanol–water partition coefficient (Wildman–Crippen LogP) is 3.93. The molecule has 0 aliphatic carbocycles. The molecule has 3 aromatic rings. The Morgan fingerprint density at radius 3 is 2.48 bits per heavy atom. The molecule has 5 heteroatoms. The van der Waals surface area contributed by atoms with Gasteiger partial charge in [0.15, 0.2) is 0 Å². The SMILES string of the molecule is CC(Cc1ccccc1)NCC(=O)N/N=C/c1ccc2ccccc2c1.Cl. The van der Waals surface area contributed by atoms with Crippen LogP contribution in [0.15, 0.2) is 77.9 Å². The summed E-state index contributed by atoms with van der Waals surface area (Å²) in [5.41, 5.74) is 4.77. The maximum atomic E-state index is 11.9. The Kier molecular flexibility index (Phi) is 7.99. The Balaban J connectivity index is 0.00000261. The van der Waals surface area contributed by atoms with Crippen LogP contribution in [0.2, 0.25) is 0 Å². The lowest BCUT2D eigenvalue weighted by Gasteiger charge is -2.12.